The number of β-amino-alcohol motifs (C(OH)–C–C–N with tert-alkyl or cyclic N) is 1. The third kappa shape index (κ3) is 4.55. The van der Waals surface area contributed by atoms with Crippen molar-refractivity contribution in [3.05, 3.63) is 0 Å². The quantitative estimate of drug-likeness (QED) is 0.489. The van der Waals surface area contributed by atoms with Gasteiger partial charge in [0.25, 0.3) is 0 Å². The van der Waals surface area contributed by atoms with E-state index < -0.39 is 12.0 Å². The van der Waals surface area contributed by atoms with Gasteiger partial charge < -0.3 is 21.1 Å². The number of primary amides is 1. The summed E-state index contributed by atoms with van der Waals surface area (Å²) < 4.78 is 0. The van der Waals surface area contributed by atoms with Crippen molar-refractivity contribution in [3.8, 4) is 0 Å². The van der Waals surface area contributed by atoms with E-state index in [1.54, 1.807) is 0 Å². The van der Waals surface area contributed by atoms with E-state index in [1.165, 1.54) is 12.8 Å². The number of nitrogens with one attached hydrogen (secondary N) is 1. The fourth-order valence-electron chi connectivity index (χ4n) is 1.69. The molecule has 5 heteroatoms. The van der Waals surface area contributed by atoms with Crippen molar-refractivity contribution in [1.82, 2.24) is 10.2 Å². The van der Waals surface area contributed by atoms with E-state index in [1.807, 2.05) is 0 Å². The van der Waals surface area contributed by atoms with E-state index in [4.69, 9.17) is 5.73 Å². The lowest BCUT2D eigenvalue weighted by Crippen LogP contribution is -2.39. The molecule has 0 bridgehead atoms. The summed E-state index contributed by atoms with van der Waals surface area (Å²) in [5, 5.41) is 12.4. The van der Waals surface area contributed by atoms with E-state index in [9.17, 15) is 9.90 Å². The van der Waals surface area contributed by atoms with Crippen LogP contribution >= 0.6 is 0 Å². The molecular weight excluding hydrogens is 182 g/mol. The first-order valence-electron chi connectivity index (χ1n) is 5.08. The van der Waals surface area contributed by atoms with Crippen LogP contribution in [0.4, 0.5) is 0 Å². The second-order valence-electron chi connectivity index (χ2n) is 3.76. The molecule has 1 aliphatic rings. The molecule has 0 radical (unpaired) electrons. The molecule has 1 aliphatic heterocycles. The van der Waals surface area contributed by atoms with Crippen molar-refractivity contribution in [3.63, 3.8) is 0 Å². The Kier molecular flexibility index (Phi) is 4.86. The fourth-order valence-corrected chi connectivity index (χ4v) is 1.69. The van der Waals surface area contributed by atoms with Crippen LogP contribution in [-0.4, -0.2) is 54.7 Å². The molecule has 1 atom stereocenters. The van der Waals surface area contributed by atoms with Gasteiger partial charge in [0.1, 0.15) is 0 Å². The number of nitrogens with zero attached hydrogens (tertiary/aromatic N) is 1. The van der Waals surface area contributed by atoms with E-state index in [0.717, 1.165) is 13.1 Å². The number of carbonyl (C=O) groups excluding carboxylic acids is 1. The summed E-state index contributed by atoms with van der Waals surface area (Å²) in [4.78, 5) is 12.6. The number of amides is 1. The number of nitrogens with two attached hydrogens (primary N) is 1. The Hall–Kier alpha value is -0.650. The third-order valence-corrected chi connectivity index (χ3v) is 2.35. The third-order valence-electron chi connectivity index (χ3n) is 2.35. The Bertz CT molecular complexity index is 181. The number of rotatable bonds is 6. The number of carbonyl (C=O) groups is 1. The molecule has 14 heavy (non-hydrogen) atoms. The van der Waals surface area contributed by atoms with Gasteiger partial charge in [0, 0.05) is 13.1 Å². The lowest BCUT2D eigenvalue weighted by Gasteiger charge is -2.19. The highest BCUT2D eigenvalue weighted by Gasteiger charge is 2.15. The summed E-state index contributed by atoms with van der Waals surface area (Å²) in [6.45, 7) is 3.40. The molecule has 0 aromatic carbocycles. The monoisotopic (exact) mass is 201 g/mol. The van der Waals surface area contributed by atoms with Gasteiger partial charge in [0.2, 0.25) is 5.91 Å². The molecule has 0 aromatic rings. The minimum absolute atomic E-state index is 0.136. The Morgan fingerprint density at radius 1 is 1.50 bits per heavy atom. The molecule has 1 unspecified atom stereocenters. The van der Waals surface area contributed by atoms with Crippen LogP contribution in [0, 0.1) is 0 Å². The van der Waals surface area contributed by atoms with Gasteiger partial charge in [-0.25, -0.2) is 0 Å². The number of hydrogen-bond donors (Lipinski definition) is 3. The maximum atomic E-state index is 10.4. The minimum Gasteiger partial charge on any atom is -0.390 e. The normalized spacial score (nSPS) is 19.8. The molecule has 82 valence electrons. The topological polar surface area (TPSA) is 78.6 Å². The summed E-state index contributed by atoms with van der Waals surface area (Å²) in [7, 11) is 0. The van der Waals surface area contributed by atoms with Gasteiger partial charge >= 0.3 is 0 Å². The standard InChI is InChI=1S/C9H19N3O2/c10-9(14)6-11-5-8(13)7-12-3-1-2-4-12/h8,11,13H,1-7H2,(H2,10,14). The fraction of sp³-hybridized carbons (Fsp3) is 0.889. The van der Waals surface area contributed by atoms with Gasteiger partial charge in [-0.2, -0.15) is 0 Å². The van der Waals surface area contributed by atoms with Crippen LogP contribution in [0.15, 0.2) is 0 Å². The lowest BCUT2D eigenvalue weighted by molar-refractivity contribution is -0.117. The van der Waals surface area contributed by atoms with E-state index in [2.05, 4.69) is 10.2 Å². The predicted molar refractivity (Wildman–Crippen MR) is 53.7 cm³/mol. The van der Waals surface area contributed by atoms with Crippen molar-refractivity contribution in [2.75, 3.05) is 32.7 Å². The van der Waals surface area contributed by atoms with E-state index in [-0.39, 0.29) is 6.54 Å². The first kappa shape index (κ1) is 11.4. The molecule has 0 aliphatic carbocycles. The zero-order valence-corrected chi connectivity index (χ0v) is 8.41. The number of aliphatic hydroxyl groups excluding tert-OH is 1. The van der Waals surface area contributed by atoms with E-state index in [0.29, 0.717) is 13.1 Å². The smallest absolute Gasteiger partial charge is 0.231 e. The van der Waals surface area contributed by atoms with Gasteiger partial charge in [-0.05, 0) is 25.9 Å². The van der Waals surface area contributed by atoms with Crippen LogP contribution in [0.1, 0.15) is 12.8 Å². The lowest BCUT2D eigenvalue weighted by atomic mass is 10.3. The molecule has 1 amide bonds. The summed E-state index contributed by atoms with van der Waals surface area (Å²) in [6.07, 6.45) is 2.04. The molecule has 1 rings (SSSR count). The van der Waals surface area contributed by atoms with Crippen LogP contribution in [0.2, 0.25) is 0 Å². The Morgan fingerprint density at radius 3 is 2.71 bits per heavy atom. The molecule has 1 saturated heterocycles. The van der Waals surface area contributed by atoms with Crippen molar-refractivity contribution in [2.45, 2.75) is 18.9 Å². The number of likely N-dealkylation sites (tertiary alicyclic amines) is 1. The molecule has 0 aromatic heterocycles. The summed E-state index contributed by atoms with van der Waals surface area (Å²) in [5.74, 6) is -0.390. The molecule has 0 spiro atoms. The number of hydrogen-bond acceptors (Lipinski definition) is 4. The predicted octanol–water partition coefficient (Wildman–Crippen LogP) is -1.48. The van der Waals surface area contributed by atoms with Crippen LogP contribution < -0.4 is 11.1 Å². The average molecular weight is 201 g/mol. The zero-order valence-electron chi connectivity index (χ0n) is 8.41. The highest BCUT2D eigenvalue weighted by molar-refractivity contribution is 5.75. The average Bonchev–Trinajstić information content (AvgIpc) is 2.56. The van der Waals surface area contributed by atoms with Crippen molar-refractivity contribution < 1.29 is 9.90 Å². The maximum absolute atomic E-state index is 10.4. The second kappa shape index (κ2) is 5.95. The van der Waals surface area contributed by atoms with Crippen LogP contribution in [0.25, 0.3) is 0 Å². The first-order chi connectivity index (χ1) is 6.68. The van der Waals surface area contributed by atoms with Crippen molar-refractivity contribution >= 4 is 5.91 Å². The number of aliphatic hydroxyl groups is 1. The highest BCUT2D eigenvalue weighted by atomic mass is 16.3. The highest BCUT2D eigenvalue weighted by Crippen LogP contribution is 2.07. The Morgan fingerprint density at radius 2 is 2.14 bits per heavy atom. The van der Waals surface area contributed by atoms with Gasteiger partial charge in [0.15, 0.2) is 0 Å². The molecule has 5 nitrogen and oxygen atoms in total. The van der Waals surface area contributed by atoms with E-state index >= 15 is 0 Å². The van der Waals surface area contributed by atoms with Gasteiger partial charge in [-0.1, -0.05) is 0 Å². The zero-order chi connectivity index (χ0) is 10.4. The minimum atomic E-state index is -0.410. The van der Waals surface area contributed by atoms with Gasteiger partial charge in [-0.3, -0.25) is 4.79 Å². The Balaban J connectivity index is 2.03. The molecular formula is C9H19N3O2. The largest absolute Gasteiger partial charge is 0.390 e. The van der Waals surface area contributed by atoms with Crippen molar-refractivity contribution in [1.29, 1.82) is 0 Å². The van der Waals surface area contributed by atoms with Gasteiger partial charge in [0.05, 0.1) is 12.6 Å². The maximum Gasteiger partial charge on any atom is 0.231 e. The summed E-state index contributed by atoms with van der Waals surface area (Å²) >= 11 is 0. The molecule has 1 heterocycles. The molecule has 0 saturated carbocycles. The van der Waals surface area contributed by atoms with Crippen molar-refractivity contribution in [2.24, 2.45) is 5.73 Å². The molecule has 4 N–H and O–H groups in total. The Labute approximate surface area is 84.3 Å². The SMILES string of the molecule is NC(=O)CNCC(O)CN1CCCC1. The second-order valence-corrected chi connectivity index (χ2v) is 3.76. The molecule has 1 fully saturated rings. The van der Waals surface area contributed by atoms with Crippen LogP contribution in [0.3, 0.4) is 0 Å². The van der Waals surface area contributed by atoms with Gasteiger partial charge in [-0.15, -0.1) is 0 Å². The summed E-state index contributed by atoms with van der Waals surface area (Å²) in [5.41, 5.74) is 4.95. The van der Waals surface area contributed by atoms with Crippen LogP contribution in [0.5, 0.6) is 0 Å². The summed E-state index contributed by atoms with van der Waals surface area (Å²) in [6, 6.07) is 0. The van der Waals surface area contributed by atoms with Crippen LogP contribution in [-0.2, 0) is 4.79 Å². The first-order valence-corrected chi connectivity index (χ1v) is 5.08.